The second kappa shape index (κ2) is 18.1. The van der Waals surface area contributed by atoms with E-state index in [1.165, 1.54) is 121 Å². The summed E-state index contributed by atoms with van der Waals surface area (Å²) in [4.78, 5) is 0. The van der Waals surface area contributed by atoms with Gasteiger partial charge in [0, 0.05) is 0 Å². The molecule has 0 nitrogen and oxygen atoms in total. The van der Waals surface area contributed by atoms with Crippen LogP contribution in [-0.2, 0) is 43.3 Å². The lowest BCUT2D eigenvalue weighted by molar-refractivity contribution is 0.568. The van der Waals surface area contributed by atoms with E-state index >= 15 is 0 Å². The van der Waals surface area contributed by atoms with Gasteiger partial charge < -0.3 is 0 Å². The molecule has 0 radical (unpaired) electrons. The van der Waals surface area contributed by atoms with Gasteiger partial charge >= 0.3 is 0 Å². The van der Waals surface area contributed by atoms with Gasteiger partial charge in [-0.05, 0) is 189 Å². The van der Waals surface area contributed by atoms with E-state index in [4.69, 9.17) is 0 Å². The van der Waals surface area contributed by atoms with E-state index in [1.54, 1.807) is 0 Å². The predicted octanol–water partition coefficient (Wildman–Crippen LogP) is 22.2. The molecule has 74 heavy (non-hydrogen) atoms. The summed E-state index contributed by atoms with van der Waals surface area (Å²) in [6.45, 7) is 56.5. The molecule has 388 valence electrons. The molecule has 8 rings (SSSR count). The fourth-order valence-corrected chi connectivity index (χ4v) is 10.5. The summed E-state index contributed by atoms with van der Waals surface area (Å²) in [7, 11) is 0. The molecule has 0 saturated carbocycles. The van der Waals surface area contributed by atoms with Crippen LogP contribution in [0.5, 0.6) is 0 Å². The lowest BCUT2D eigenvalue weighted by Gasteiger charge is -2.28. The number of fused-ring (bicyclic) bond motifs is 5. The van der Waals surface area contributed by atoms with Crippen LogP contribution in [0, 0.1) is 0 Å². The number of rotatable bonds is 4. The molecule has 0 aliphatic carbocycles. The van der Waals surface area contributed by atoms with Crippen molar-refractivity contribution in [2.75, 3.05) is 0 Å². The highest BCUT2D eigenvalue weighted by molar-refractivity contribution is 6.24. The Kier molecular flexibility index (Phi) is 13.4. The van der Waals surface area contributed by atoms with E-state index in [9.17, 15) is 0 Å². The molecular formula is C74H92. The molecule has 0 spiro atoms. The Hall–Kier alpha value is -5.46. The highest BCUT2D eigenvalue weighted by Crippen LogP contribution is 2.47. The van der Waals surface area contributed by atoms with Crippen molar-refractivity contribution in [2.45, 2.75) is 209 Å². The second-order valence-corrected chi connectivity index (χ2v) is 30.7. The highest BCUT2D eigenvalue weighted by Gasteiger charge is 2.28. The predicted molar refractivity (Wildman–Crippen MR) is 330 cm³/mol. The third kappa shape index (κ3) is 11.1. The zero-order valence-electron chi connectivity index (χ0n) is 50.5. The molecule has 0 fully saturated rings. The van der Waals surface area contributed by atoms with E-state index in [-0.39, 0.29) is 43.3 Å². The molecule has 0 heterocycles. The SMILES string of the molecule is CC(C)(C)c1cc(-c2ccc3c(-c4cc(C(C)(C)C)cc(C(C)(C)C)c4)cc4c5cc(-c6cc(C(C)(C)C)cc(C(C)(C)C)c6)ccc5c(-c5cc(C(C)(C)C)cc(C(C)(C)C)c5)cc4c3c2)cc(C(C)(C)C)c1. The maximum Gasteiger partial charge on any atom is -0.00921 e. The minimum absolute atomic E-state index is 0.00533. The van der Waals surface area contributed by atoms with Gasteiger partial charge in [-0.1, -0.05) is 263 Å². The first-order valence-electron chi connectivity index (χ1n) is 27.8. The Morgan fingerprint density at radius 3 is 0.554 bits per heavy atom. The molecule has 0 atom stereocenters. The first-order chi connectivity index (χ1) is 33.7. The van der Waals surface area contributed by atoms with E-state index in [0.717, 1.165) is 0 Å². The summed E-state index contributed by atoms with van der Waals surface area (Å²) in [5.41, 5.74) is 20.9. The van der Waals surface area contributed by atoms with Crippen molar-refractivity contribution in [3.05, 3.63) is 166 Å². The zero-order valence-corrected chi connectivity index (χ0v) is 50.5. The lowest BCUT2D eigenvalue weighted by atomic mass is 9.77. The molecule has 8 aromatic carbocycles. The van der Waals surface area contributed by atoms with Crippen molar-refractivity contribution in [1.29, 1.82) is 0 Å². The van der Waals surface area contributed by atoms with Crippen LogP contribution in [-0.4, -0.2) is 0 Å². The summed E-state index contributed by atoms with van der Waals surface area (Å²) >= 11 is 0. The van der Waals surface area contributed by atoms with E-state index < -0.39 is 0 Å². The third-order valence-electron chi connectivity index (χ3n) is 16.0. The zero-order chi connectivity index (χ0) is 54.8. The fraction of sp³-hybridized carbons (Fsp3) is 0.432. The maximum atomic E-state index is 2.57. The maximum absolute atomic E-state index is 2.57. The van der Waals surface area contributed by atoms with Crippen LogP contribution in [0.1, 0.15) is 211 Å². The molecule has 0 aliphatic heterocycles. The standard InChI is InChI=1S/C74H92/c1-67(2,3)51-29-47(30-52(39-51)68(4,5)6)45-25-27-59-61(49-33-55(71(13,14)15)41-56(34-49)72(16,17)18)44-66-64-38-46(48-31-53(69(7,8)9)40-54(32-48)70(10,11)12)26-28-60(64)62(43-65(66)63(59)37-45)50-35-57(73(19,20)21)42-58(36-50)74(22,23)24/h25-44H,1-24H3. The van der Waals surface area contributed by atoms with Gasteiger partial charge in [0.15, 0.2) is 0 Å². The summed E-state index contributed by atoms with van der Waals surface area (Å²) in [5.74, 6) is 0. The Balaban J connectivity index is 1.61. The number of benzene rings is 8. The van der Waals surface area contributed by atoms with Gasteiger partial charge in [0.1, 0.15) is 0 Å². The number of hydrogen-bond acceptors (Lipinski definition) is 0. The van der Waals surface area contributed by atoms with Crippen LogP contribution in [0.25, 0.3) is 76.8 Å². The van der Waals surface area contributed by atoms with Gasteiger partial charge in [0.05, 0.1) is 0 Å². The van der Waals surface area contributed by atoms with Crippen molar-refractivity contribution < 1.29 is 0 Å². The first kappa shape index (κ1) is 54.8. The normalized spacial score (nSPS) is 13.7. The van der Waals surface area contributed by atoms with Gasteiger partial charge in [-0.15, -0.1) is 0 Å². The van der Waals surface area contributed by atoms with Gasteiger partial charge in [-0.3, -0.25) is 0 Å². The quantitative estimate of drug-likeness (QED) is 0.154. The molecular weight excluding hydrogens is 889 g/mol. The van der Waals surface area contributed by atoms with E-state index in [2.05, 4.69) is 287 Å². The average molecular weight is 982 g/mol. The minimum Gasteiger partial charge on any atom is -0.0561 e. The first-order valence-corrected chi connectivity index (χ1v) is 27.8. The minimum atomic E-state index is -0.0316. The van der Waals surface area contributed by atoms with E-state index in [0.29, 0.717) is 0 Å². The van der Waals surface area contributed by atoms with Gasteiger partial charge in [-0.2, -0.15) is 0 Å². The molecule has 0 N–H and O–H groups in total. The molecule has 0 aromatic heterocycles. The van der Waals surface area contributed by atoms with Gasteiger partial charge in [0.2, 0.25) is 0 Å². The van der Waals surface area contributed by atoms with Crippen LogP contribution < -0.4 is 0 Å². The smallest absolute Gasteiger partial charge is 0.00921 e. The molecule has 0 aliphatic rings. The molecule has 0 saturated heterocycles. The van der Waals surface area contributed by atoms with Crippen LogP contribution in [0.3, 0.4) is 0 Å². The molecule has 8 aromatic rings. The van der Waals surface area contributed by atoms with Gasteiger partial charge in [0.25, 0.3) is 0 Å². The second-order valence-electron chi connectivity index (χ2n) is 30.7. The van der Waals surface area contributed by atoms with Crippen LogP contribution in [0.15, 0.2) is 121 Å². The molecule has 0 heteroatoms. The molecule has 0 amide bonds. The summed E-state index contributed by atoms with van der Waals surface area (Å²) in [5, 5.41) is 7.70. The lowest BCUT2D eigenvalue weighted by Crippen LogP contribution is -2.16. The average Bonchev–Trinajstić information content (AvgIpc) is 3.27. The topological polar surface area (TPSA) is 0 Å². The van der Waals surface area contributed by atoms with Crippen molar-refractivity contribution >= 4 is 32.3 Å². The number of hydrogen-bond donors (Lipinski definition) is 0. The largest absolute Gasteiger partial charge is 0.0561 e. The summed E-state index contributed by atoms with van der Waals surface area (Å²) in [6.07, 6.45) is 0. The summed E-state index contributed by atoms with van der Waals surface area (Å²) in [6, 6.07) is 49.6. The Labute approximate surface area is 449 Å². The van der Waals surface area contributed by atoms with Gasteiger partial charge in [-0.25, -0.2) is 0 Å². The molecule has 0 bridgehead atoms. The van der Waals surface area contributed by atoms with E-state index in [1.807, 2.05) is 0 Å². The third-order valence-corrected chi connectivity index (χ3v) is 16.0. The summed E-state index contributed by atoms with van der Waals surface area (Å²) < 4.78 is 0. The van der Waals surface area contributed by atoms with Crippen molar-refractivity contribution in [2.24, 2.45) is 0 Å². The highest BCUT2D eigenvalue weighted by atomic mass is 14.3. The van der Waals surface area contributed by atoms with Crippen LogP contribution in [0.2, 0.25) is 0 Å². The molecule has 0 unspecified atom stereocenters. The van der Waals surface area contributed by atoms with Crippen LogP contribution in [0.4, 0.5) is 0 Å². The van der Waals surface area contributed by atoms with Crippen molar-refractivity contribution in [3.8, 4) is 44.5 Å². The monoisotopic (exact) mass is 981 g/mol. The van der Waals surface area contributed by atoms with Crippen molar-refractivity contribution in [3.63, 3.8) is 0 Å². The Morgan fingerprint density at radius 2 is 0.351 bits per heavy atom. The Morgan fingerprint density at radius 1 is 0.162 bits per heavy atom. The Bertz CT molecular complexity index is 3100. The fourth-order valence-electron chi connectivity index (χ4n) is 10.5. The van der Waals surface area contributed by atoms with Crippen LogP contribution >= 0.6 is 0 Å². The van der Waals surface area contributed by atoms with Crippen molar-refractivity contribution in [1.82, 2.24) is 0 Å².